The first-order valence-electron chi connectivity index (χ1n) is 3.01. The van der Waals surface area contributed by atoms with Gasteiger partial charge in [-0.3, -0.25) is 4.83 Å². The number of rotatable bonds is 5. The predicted molar refractivity (Wildman–Crippen MR) is 44.1 cm³/mol. The highest BCUT2D eigenvalue weighted by molar-refractivity contribution is 7.66. The minimum atomic E-state index is -5.38. The molecular weight excluding hydrogens is 279 g/mol. The summed E-state index contributed by atoms with van der Waals surface area (Å²) in [4.78, 5) is 31.4. The third-order valence-electron chi connectivity index (χ3n) is 0.813. The van der Waals surface area contributed by atoms with Crippen LogP contribution in [0.2, 0.25) is 0 Å². The van der Waals surface area contributed by atoms with Crippen molar-refractivity contribution in [3.05, 3.63) is 5.21 Å². The highest BCUT2D eigenvalue weighted by Gasteiger charge is 2.45. The molecule has 0 aromatic rings. The quantitative estimate of drug-likeness (QED) is 0.290. The Morgan fingerprint density at radius 3 is 1.40 bits per heavy atom. The van der Waals surface area contributed by atoms with Crippen molar-refractivity contribution in [1.29, 1.82) is 0 Å². The minimum Gasteiger partial charge on any atom is -0.628 e. The molecule has 0 fully saturated rings. The van der Waals surface area contributed by atoms with Crippen molar-refractivity contribution in [2.24, 2.45) is 0 Å². The molecule has 0 saturated carbocycles. The molecule has 0 heterocycles. The Labute approximate surface area is 83.3 Å². The molecule has 0 aliphatic carbocycles. The second kappa shape index (κ2) is 4.70. The topological polar surface area (TPSA) is 178 Å². The van der Waals surface area contributed by atoms with E-state index in [0.717, 1.165) is 0 Å². The van der Waals surface area contributed by atoms with Crippen LogP contribution in [-0.2, 0) is 22.3 Å². The van der Waals surface area contributed by atoms with Gasteiger partial charge in [-0.2, -0.15) is 8.62 Å². The molecular formula is CH8NO10P3. The summed E-state index contributed by atoms with van der Waals surface area (Å²) >= 11 is 0. The predicted octanol–water partition coefficient (Wildman–Crippen LogP) is -1.67. The number of nitrogens with one attached hydrogen (secondary N) is 1. The molecule has 0 aromatic heterocycles. The van der Waals surface area contributed by atoms with E-state index in [2.05, 4.69) is 8.62 Å². The molecule has 1 atom stereocenters. The molecule has 0 spiro atoms. The van der Waals surface area contributed by atoms with Gasteiger partial charge in [0.05, 0.1) is 7.05 Å². The first-order chi connectivity index (χ1) is 6.36. The zero-order chi connectivity index (χ0) is 12.5. The Kier molecular flexibility index (Phi) is 4.82. The summed E-state index contributed by atoms with van der Waals surface area (Å²) in [5.74, 6) is 0. The van der Waals surface area contributed by atoms with E-state index in [1.54, 1.807) is 0 Å². The van der Waals surface area contributed by atoms with Crippen LogP contribution in [0.1, 0.15) is 0 Å². The fourth-order valence-electron chi connectivity index (χ4n) is 0.410. The fourth-order valence-corrected chi connectivity index (χ4v) is 3.96. The van der Waals surface area contributed by atoms with Gasteiger partial charge in [0.1, 0.15) is 0 Å². The zero-order valence-corrected chi connectivity index (χ0v) is 9.76. The monoisotopic (exact) mass is 287 g/mol. The van der Waals surface area contributed by atoms with Gasteiger partial charge in [0, 0.05) is 0 Å². The molecule has 1 unspecified atom stereocenters. The molecule has 0 aliphatic rings. The minimum absolute atomic E-state index is 0.534. The molecule has 0 aromatic carbocycles. The summed E-state index contributed by atoms with van der Waals surface area (Å²) in [7, 11) is -15.4. The number of phosphoric acid groups is 2. The van der Waals surface area contributed by atoms with Crippen LogP contribution in [0.25, 0.3) is 0 Å². The normalized spacial score (nSPS) is 16.4. The highest BCUT2D eigenvalue weighted by Crippen LogP contribution is 2.62. The summed E-state index contributed by atoms with van der Waals surface area (Å²) < 4.78 is 38.5. The number of hydroxylamine groups is 1. The molecule has 0 rings (SSSR count). The van der Waals surface area contributed by atoms with E-state index in [-0.39, 0.29) is 0 Å². The van der Waals surface area contributed by atoms with E-state index in [4.69, 9.17) is 19.6 Å². The van der Waals surface area contributed by atoms with Crippen molar-refractivity contribution in [1.82, 2.24) is 0 Å². The third-order valence-corrected chi connectivity index (χ3v) is 5.01. The van der Waals surface area contributed by atoms with Crippen LogP contribution >= 0.6 is 23.4 Å². The molecule has 0 radical (unpaired) electrons. The van der Waals surface area contributed by atoms with Gasteiger partial charge in [0.25, 0.3) is 0 Å². The van der Waals surface area contributed by atoms with Crippen LogP contribution in [0.5, 0.6) is 0 Å². The van der Waals surface area contributed by atoms with Gasteiger partial charge in [0.15, 0.2) is 0 Å². The van der Waals surface area contributed by atoms with E-state index in [9.17, 15) is 18.9 Å². The van der Waals surface area contributed by atoms with Crippen LogP contribution in [0.4, 0.5) is 0 Å². The second-order valence-corrected chi connectivity index (χ2v) is 7.05. The lowest BCUT2D eigenvalue weighted by atomic mass is 11.6. The van der Waals surface area contributed by atoms with Crippen LogP contribution < -0.4 is 4.83 Å². The Bertz CT molecular complexity index is 320. The van der Waals surface area contributed by atoms with E-state index >= 15 is 0 Å². The summed E-state index contributed by atoms with van der Waals surface area (Å²) in [5.41, 5.74) is 0. The van der Waals surface area contributed by atoms with Crippen molar-refractivity contribution in [3.63, 3.8) is 0 Å². The molecule has 0 bridgehead atoms. The maximum Gasteiger partial charge on any atom is 0.547 e. The van der Waals surface area contributed by atoms with Crippen LogP contribution in [0.3, 0.4) is 0 Å². The first-order valence-corrected chi connectivity index (χ1v) is 7.61. The van der Waals surface area contributed by atoms with Crippen LogP contribution in [0.15, 0.2) is 0 Å². The van der Waals surface area contributed by atoms with Gasteiger partial charge in [0.2, 0.25) is 0 Å². The summed E-state index contributed by atoms with van der Waals surface area (Å²) in [6, 6.07) is 0. The smallest absolute Gasteiger partial charge is 0.547 e. The van der Waals surface area contributed by atoms with E-state index in [1.165, 1.54) is 0 Å². The van der Waals surface area contributed by atoms with E-state index in [0.29, 0.717) is 7.05 Å². The van der Waals surface area contributed by atoms with Gasteiger partial charge in [-0.05, 0) is 0 Å². The van der Waals surface area contributed by atoms with Gasteiger partial charge >= 0.3 is 23.4 Å². The maximum atomic E-state index is 11.2. The second-order valence-electron chi connectivity index (χ2n) is 2.16. The standard InChI is InChI=1S/CH8NO10P3/c1-2(3)13(4,11-14(5,6)7)12-15(8,9)10/h2H,1H3,(H2,5,6,7)(H2,8,9,10). The average Bonchev–Trinajstić information content (AvgIpc) is 1.75. The molecule has 0 amide bonds. The van der Waals surface area contributed by atoms with Crippen molar-refractivity contribution in [3.8, 4) is 0 Å². The van der Waals surface area contributed by atoms with Gasteiger partial charge < -0.3 is 24.8 Å². The van der Waals surface area contributed by atoms with E-state index < -0.39 is 28.2 Å². The zero-order valence-electron chi connectivity index (χ0n) is 7.08. The van der Waals surface area contributed by atoms with Crippen LogP contribution in [-0.4, -0.2) is 26.6 Å². The Morgan fingerprint density at radius 2 is 1.27 bits per heavy atom. The van der Waals surface area contributed by atoms with Crippen molar-refractivity contribution >= 4 is 23.4 Å². The Balaban J connectivity index is 5.03. The summed E-state index contributed by atoms with van der Waals surface area (Å²) in [5, 5.41) is 10.6. The number of hydrogen-bond donors (Lipinski definition) is 5. The van der Waals surface area contributed by atoms with Crippen molar-refractivity contribution in [2.45, 2.75) is 0 Å². The van der Waals surface area contributed by atoms with Crippen LogP contribution in [0, 0.1) is 5.21 Å². The molecule has 5 N–H and O–H groups in total. The van der Waals surface area contributed by atoms with Crippen molar-refractivity contribution in [2.75, 3.05) is 7.05 Å². The molecule has 11 nitrogen and oxygen atoms in total. The Morgan fingerprint density at radius 1 is 1.00 bits per heavy atom. The largest absolute Gasteiger partial charge is 0.628 e. The van der Waals surface area contributed by atoms with Crippen molar-refractivity contribution < 1.29 is 46.7 Å². The lowest BCUT2D eigenvalue weighted by Crippen LogP contribution is -2.99. The number of hydrogen-bond acceptors (Lipinski definition) is 6. The SMILES string of the molecule is C[NH+]([O-])P(=O)(OP(=O)(O)O)OP(=O)(O)O. The van der Waals surface area contributed by atoms with E-state index in [1.807, 2.05) is 0 Å². The molecule has 0 saturated heterocycles. The fraction of sp³-hybridized carbons (Fsp3) is 1.00. The molecule has 15 heavy (non-hydrogen) atoms. The summed E-state index contributed by atoms with van der Waals surface area (Å²) in [6.45, 7) is 0. The molecule has 0 aliphatic heterocycles. The first kappa shape index (κ1) is 15.4. The maximum absolute atomic E-state index is 11.2. The third kappa shape index (κ3) is 6.52. The summed E-state index contributed by atoms with van der Waals surface area (Å²) in [6.07, 6.45) is 0. The lowest BCUT2D eigenvalue weighted by molar-refractivity contribution is -0.701. The number of quaternary nitrogens is 1. The average molecular weight is 287 g/mol. The van der Waals surface area contributed by atoms with Gasteiger partial charge in [-0.1, -0.05) is 0 Å². The Hall–Kier alpha value is 0.370. The molecule has 14 heteroatoms. The van der Waals surface area contributed by atoms with Gasteiger partial charge in [-0.15, -0.1) is 0 Å². The lowest BCUT2D eigenvalue weighted by Gasteiger charge is -2.24. The molecule has 92 valence electrons. The van der Waals surface area contributed by atoms with Gasteiger partial charge in [-0.25, -0.2) is 13.7 Å². The highest BCUT2D eigenvalue weighted by atomic mass is 31.3.